The van der Waals surface area contributed by atoms with Crippen LogP contribution >= 0.6 is 0 Å². The average molecular weight is 420 g/mol. The minimum atomic E-state index is -3.65. The van der Waals surface area contributed by atoms with Crippen LogP contribution in [-0.2, 0) is 10.0 Å². The largest absolute Gasteiger partial charge is 0.352 e. The van der Waals surface area contributed by atoms with Gasteiger partial charge in [0.05, 0.1) is 11.1 Å². The summed E-state index contributed by atoms with van der Waals surface area (Å²) in [5.74, 6) is 0.445. The molecule has 1 aromatic heterocycles. The van der Waals surface area contributed by atoms with E-state index >= 15 is 0 Å². The number of fused-ring (bicyclic) bond motifs is 2. The molecule has 7 nitrogen and oxygen atoms in total. The van der Waals surface area contributed by atoms with Crippen molar-refractivity contribution in [2.75, 3.05) is 26.2 Å². The molecule has 3 aromatic rings. The molecule has 0 atom stereocenters. The number of amidine groups is 1. The van der Waals surface area contributed by atoms with E-state index in [1.807, 2.05) is 53.1 Å². The molecular formula is C22H20N4O3S. The Bertz CT molecular complexity index is 1310. The zero-order valence-corrected chi connectivity index (χ0v) is 17.3. The molecule has 0 unspecified atom stereocenters. The smallest absolute Gasteiger partial charge is 0.285 e. The van der Waals surface area contributed by atoms with Gasteiger partial charge in [-0.1, -0.05) is 30.3 Å². The van der Waals surface area contributed by atoms with Crippen molar-refractivity contribution in [3.8, 4) is 0 Å². The van der Waals surface area contributed by atoms with Gasteiger partial charge in [0.2, 0.25) is 0 Å². The quantitative estimate of drug-likeness (QED) is 0.604. The molecule has 3 heterocycles. The number of hydrogen-bond acceptors (Lipinski definition) is 5. The van der Waals surface area contributed by atoms with Crippen molar-refractivity contribution in [3.05, 3.63) is 71.4 Å². The summed E-state index contributed by atoms with van der Waals surface area (Å²) in [6, 6.07) is 16.4. The van der Waals surface area contributed by atoms with Gasteiger partial charge >= 0.3 is 0 Å². The minimum absolute atomic E-state index is 0.0299. The number of piperazine rings is 1. The first kappa shape index (κ1) is 18.7. The third-order valence-electron chi connectivity index (χ3n) is 5.55. The van der Waals surface area contributed by atoms with Crippen molar-refractivity contribution >= 4 is 32.7 Å². The van der Waals surface area contributed by atoms with Crippen LogP contribution < -0.4 is 0 Å². The standard InChI is InChI=1S/C22H20N4O3S/c1-15-14-18(16-6-2-4-8-19(16)23-15)22(27)26-12-10-25(11-13-26)21-17-7-3-5-9-20(17)30(28,29)24-21/h2-9,14H,10-13H2,1H3. The number of carbonyl (C=O) groups excluding carboxylic acids is 1. The first-order chi connectivity index (χ1) is 14.4. The predicted octanol–water partition coefficient (Wildman–Crippen LogP) is 2.45. The SMILES string of the molecule is Cc1cc(C(=O)N2CCN(C3=NS(=O)(=O)c4ccccc43)CC2)c2ccccc2n1. The number of para-hydroxylation sites is 1. The first-order valence-electron chi connectivity index (χ1n) is 9.79. The zero-order valence-electron chi connectivity index (χ0n) is 16.4. The van der Waals surface area contributed by atoms with Crippen LogP contribution in [0.3, 0.4) is 0 Å². The fraction of sp³-hybridized carbons (Fsp3) is 0.227. The van der Waals surface area contributed by atoms with Crippen LogP contribution in [0.5, 0.6) is 0 Å². The number of aryl methyl sites for hydroxylation is 1. The van der Waals surface area contributed by atoms with Gasteiger partial charge in [-0.3, -0.25) is 9.78 Å². The van der Waals surface area contributed by atoms with Crippen LogP contribution in [0.1, 0.15) is 21.6 Å². The topological polar surface area (TPSA) is 82.9 Å². The Morgan fingerprint density at radius 2 is 1.67 bits per heavy atom. The summed E-state index contributed by atoms with van der Waals surface area (Å²) in [5.41, 5.74) is 2.89. The maximum absolute atomic E-state index is 13.2. The minimum Gasteiger partial charge on any atom is -0.352 e. The molecule has 0 saturated carbocycles. The van der Waals surface area contributed by atoms with Crippen molar-refractivity contribution in [1.82, 2.24) is 14.8 Å². The number of benzene rings is 2. The summed E-state index contributed by atoms with van der Waals surface area (Å²) < 4.78 is 28.7. The molecule has 1 fully saturated rings. The lowest BCUT2D eigenvalue weighted by Gasteiger charge is -2.36. The Morgan fingerprint density at radius 3 is 2.47 bits per heavy atom. The third-order valence-corrected chi connectivity index (χ3v) is 6.88. The van der Waals surface area contributed by atoms with Crippen LogP contribution in [0.25, 0.3) is 10.9 Å². The second-order valence-corrected chi connectivity index (χ2v) is 9.07. The lowest BCUT2D eigenvalue weighted by atomic mass is 10.1. The summed E-state index contributed by atoms with van der Waals surface area (Å²) in [5, 5.41) is 0.843. The molecule has 0 spiro atoms. The van der Waals surface area contributed by atoms with Gasteiger partial charge in [0, 0.05) is 42.8 Å². The van der Waals surface area contributed by atoms with Crippen LogP contribution in [0.15, 0.2) is 63.9 Å². The fourth-order valence-electron chi connectivity index (χ4n) is 4.09. The summed E-state index contributed by atoms with van der Waals surface area (Å²) >= 11 is 0. The van der Waals surface area contributed by atoms with E-state index in [9.17, 15) is 13.2 Å². The number of nitrogens with zero attached hydrogens (tertiary/aromatic N) is 4. The second kappa shape index (κ2) is 6.91. The highest BCUT2D eigenvalue weighted by molar-refractivity contribution is 7.90. The van der Waals surface area contributed by atoms with Gasteiger partial charge in [-0.15, -0.1) is 4.40 Å². The molecule has 1 saturated heterocycles. The molecule has 2 aliphatic rings. The van der Waals surface area contributed by atoms with Crippen molar-refractivity contribution < 1.29 is 13.2 Å². The predicted molar refractivity (Wildman–Crippen MR) is 114 cm³/mol. The molecule has 1 amide bonds. The van der Waals surface area contributed by atoms with Crippen molar-refractivity contribution in [1.29, 1.82) is 0 Å². The lowest BCUT2D eigenvalue weighted by Crippen LogP contribution is -2.50. The molecule has 2 aliphatic heterocycles. The second-order valence-electron chi connectivity index (χ2n) is 7.49. The van der Waals surface area contributed by atoms with Crippen LogP contribution in [0.4, 0.5) is 0 Å². The molecule has 0 bridgehead atoms. The highest BCUT2D eigenvalue weighted by atomic mass is 32.2. The van der Waals surface area contributed by atoms with Gasteiger partial charge in [-0.05, 0) is 31.2 Å². The molecule has 5 rings (SSSR count). The number of sulfonamides is 1. The fourth-order valence-corrected chi connectivity index (χ4v) is 5.32. The van der Waals surface area contributed by atoms with Crippen molar-refractivity contribution in [3.63, 3.8) is 0 Å². The summed E-state index contributed by atoms with van der Waals surface area (Å²) in [6.45, 7) is 3.93. The number of rotatable bonds is 1. The molecule has 2 aromatic carbocycles. The number of carbonyl (C=O) groups is 1. The van der Waals surface area contributed by atoms with Gasteiger partial charge < -0.3 is 9.80 Å². The lowest BCUT2D eigenvalue weighted by molar-refractivity contribution is 0.0694. The highest BCUT2D eigenvalue weighted by Crippen LogP contribution is 2.28. The zero-order chi connectivity index (χ0) is 20.9. The molecule has 0 radical (unpaired) electrons. The Labute approximate surface area is 174 Å². The number of pyridine rings is 1. The molecular weight excluding hydrogens is 400 g/mol. The average Bonchev–Trinajstić information content (AvgIpc) is 3.04. The van der Waals surface area contributed by atoms with Crippen molar-refractivity contribution in [2.45, 2.75) is 11.8 Å². The maximum atomic E-state index is 13.2. The molecule has 0 aliphatic carbocycles. The molecule has 152 valence electrons. The van der Waals surface area contributed by atoms with Crippen LogP contribution in [-0.4, -0.2) is 61.1 Å². The highest BCUT2D eigenvalue weighted by Gasteiger charge is 2.33. The molecule has 0 N–H and O–H groups in total. The van der Waals surface area contributed by atoms with Gasteiger partial charge in [0.15, 0.2) is 5.84 Å². The van der Waals surface area contributed by atoms with E-state index < -0.39 is 10.0 Å². The van der Waals surface area contributed by atoms with E-state index in [4.69, 9.17) is 0 Å². The Morgan fingerprint density at radius 1 is 0.967 bits per heavy atom. The summed E-state index contributed by atoms with van der Waals surface area (Å²) in [6.07, 6.45) is 0. The Balaban J connectivity index is 1.38. The summed E-state index contributed by atoms with van der Waals surface area (Å²) in [7, 11) is -3.65. The first-order valence-corrected chi connectivity index (χ1v) is 11.2. The van der Waals surface area contributed by atoms with Gasteiger partial charge in [-0.2, -0.15) is 8.42 Å². The Kier molecular flexibility index (Phi) is 4.32. The van der Waals surface area contributed by atoms with Crippen molar-refractivity contribution in [2.24, 2.45) is 4.40 Å². The van der Waals surface area contributed by atoms with Gasteiger partial charge in [-0.25, -0.2) is 0 Å². The number of hydrogen-bond donors (Lipinski definition) is 0. The van der Waals surface area contributed by atoms with E-state index in [0.29, 0.717) is 43.1 Å². The monoisotopic (exact) mass is 420 g/mol. The maximum Gasteiger partial charge on any atom is 0.285 e. The van der Waals surface area contributed by atoms with Gasteiger partial charge in [0.1, 0.15) is 4.90 Å². The summed E-state index contributed by atoms with van der Waals surface area (Å²) in [4.78, 5) is 21.8. The van der Waals surface area contributed by atoms with Gasteiger partial charge in [0.25, 0.3) is 15.9 Å². The van der Waals surface area contributed by atoms with Crippen LogP contribution in [0, 0.1) is 6.92 Å². The normalized spacial score (nSPS) is 17.7. The van der Waals surface area contributed by atoms with E-state index in [-0.39, 0.29) is 10.8 Å². The number of amides is 1. The number of aromatic nitrogens is 1. The van der Waals surface area contributed by atoms with E-state index in [1.165, 1.54) is 0 Å². The van der Waals surface area contributed by atoms with E-state index in [2.05, 4.69) is 9.38 Å². The van der Waals surface area contributed by atoms with Crippen LogP contribution in [0.2, 0.25) is 0 Å². The van der Waals surface area contributed by atoms with E-state index in [0.717, 1.165) is 16.6 Å². The third kappa shape index (κ3) is 3.04. The van der Waals surface area contributed by atoms with E-state index in [1.54, 1.807) is 18.2 Å². The molecule has 30 heavy (non-hydrogen) atoms. The molecule has 8 heteroatoms. The Hall–Kier alpha value is -3.26.